The smallest absolute Gasteiger partial charge is 0.323 e. The number of carbonyl (C=O) groups is 2. The van der Waals surface area contributed by atoms with Gasteiger partial charge in [-0.25, -0.2) is 0 Å². The molecule has 18 heavy (non-hydrogen) atoms. The molecule has 96 valence electrons. The highest BCUT2D eigenvalue weighted by atomic mass is 16.4. The van der Waals surface area contributed by atoms with Crippen molar-refractivity contribution in [1.82, 2.24) is 4.90 Å². The Labute approximate surface area is 106 Å². The van der Waals surface area contributed by atoms with Crippen LogP contribution in [-0.2, 0) is 11.2 Å². The average molecular weight is 247 g/mol. The number of hydrogen-bond donors (Lipinski definition) is 1. The summed E-state index contributed by atoms with van der Waals surface area (Å²) < 4.78 is 0. The SMILES string of the molecule is CCc1ccc(C(=O)N(CC(=O)O)C2CC2)cc1. The minimum absolute atomic E-state index is 0.111. The first kappa shape index (κ1) is 12.6. The maximum atomic E-state index is 12.2. The Morgan fingerprint density at radius 1 is 1.28 bits per heavy atom. The maximum absolute atomic E-state index is 12.2. The molecule has 0 spiro atoms. The molecule has 1 fully saturated rings. The molecule has 0 saturated heterocycles. The van der Waals surface area contributed by atoms with Crippen molar-refractivity contribution in [3.63, 3.8) is 0 Å². The van der Waals surface area contributed by atoms with Gasteiger partial charge < -0.3 is 10.0 Å². The molecule has 1 amide bonds. The van der Waals surface area contributed by atoms with Gasteiger partial charge in [-0.3, -0.25) is 9.59 Å². The highest BCUT2D eigenvalue weighted by molar-refractivity contribution is 5.96. The van der Waals surface area contributed by atoms with Crippen LogP contribution in [0.4, 0.5) is 0 Å². The molecule has 0 aliphatic heterocycles. The van der Waals surface area contributed by atoms with Crippen LogP contribution < -0.4 is 0 Å². The molecule has 0 radical (unpaired) electrons. The Hall–Kier alpha value is -1.84. The third kappa shape index (κ3) is 2.88. The zero-order valence-corrected chi connectivity index (χ0v) is 10.4. The number of rotatable bonds is 5. The van der Waals surface area contributed by atoms with Crippen LogP contribution in [0.15, 0.2) is 24.3 Å². The number of benzene rings is 1. The quantitative estimate of drug-likeness (QED) is 0.865. The van der Waals surface area contributed by atoms with Gasteiger partial charge in [-0.2, -0.15) is 0 Å². The van der Waals surface area contributed by atoms with Gasteiger partial charge in [0.25, 0.3) is 5.91 Å². The average Bonchev–Trinajstić information content (AvgIpc) is 3.19. The van der Waals surface area contributed by atoms with Crippen LogP contribution in [0.5, 0.6) is 0 Å². The normalized spacial score (nSPS) is 14.3. The van der Waals surface area contributed by atoms with Crippen molar-refractivity contribution in [2.75, 3.05) is 6.54 Å². The Kier molecular flexibility index (Phi) is 3.65. The lowest BCUT2D eigenvalue weighted by molar-refractivity contribution is -0.137. The molecular formula is C14H17NO3. The first-order chi connectivity index (χ1) is 8.61. The van der Waals surface area contributed by atoms with E-state index in [1.165, 1.54) is 10.5 Å². The fraction of sp³-hybridized carbons (Fsp3) is 0.429. The Morgan fingerprint density at radius 2 is 1.89 bits per heavy atom. The molecule has 0 bridgehead atoms. The van der Waals surface area contributed by atoms with Crippen LogP contribution in [0.3, 0.4) is 0 Å². The van der Waals surface area contributed by atoms with E-state index in [4.69, 9.17) is 5.11 Å². The topological polar surface area (TPSA) is 57.6 Å². The summed E-state index contributed by atoms with van der Waals surface area (Å²) in [4.78, 5) is 24.5. The molecular weight excluding hydrogens is 230 g/mol. The van der Waals surface area contributed by atoms with Crippen molar-refractivity contribution in [2.45, 2.75) is 32.2 Å². The van der Waals surface area contributed by atoms with Gasteiger partial charge in [0, 0.05) is 11.6 Å². The van der Waals surface area contributed by atoms with E-state index in [0.29, 0.717) is 5.56 Å². The van der Waals surface area contributed by atoms with Crippen molar-refractivity contribution in [3.8, 4) is 0 Å². The summed E-state index contributed by atoms with van der Waals surface area (Å²) in [5, 5.41) is 8.84. The molecule has 1 aromatic carbocycles. The minimum atomic E-state index is -0.958. The molecule has 4 heteroatoms. The van der Waals surface area contributed by atoms with E-state index in [2.05, 4.69) is 6.92 Å². The lowest BCUT2D eigenvalue weighted by atomic mass is 10.1. The fourth-order valence-electron chi connectivity index (χ4n) is 1.95. The first-order valence-corrected chi connectivity index (χ1v) is 6.23. The van der Waals surface area contributed by atoms with Gasteiger partial charge in [-0.1, -0.05) is 19.1 Å². The lowest BCUT2D eigenvalue weighted by Gasteiger charge is -2.20. The van der Waals surface area contributed by atoms with Gasteiger partial charge in [-0.05, 0) is 37.0 Å². The lowest BCUT2D eigenvalue weighted by Crippen LogP contribution is -2.37. The summed E-state index contributed by atoms with van der Waals surface area (Å²) in [5.74, 6) is -1.14. The zero-order chi connectivity index (χ0) is 13.1. The third-order valence-electron chi connectivity index (χ3n) is 3.16. The van der Waals surface area contributed by atoms with E-state index in [-0.39, 0.29) is 18.5 Å². The Morgan fingerprint density at radius 3 is 2.33 bits per heavy atom. The van der Waals surface area contributed by atoms with E-state index >= 15 is 0 Å². The summed E-state index contributed by atoms with van der Waals surface area (Å²) in [6.45, 7) is 1.84. The van der Waals surface area contributed by atoms with Crippen LogP contribution >= 0.6 is 0 Å². The molecule has 0 heterocycles. The van der Waals surface area contributed by atoms with E-state index in [0.717, 1.165) is 19.3 Å². The van der Waals surface area contributed by atoms with Gasteiger partial charge >= 0.3 is 5.97 Å². The zero-order valence-electron chi connectivity index (χ0n) is 10.4. The second-order valence-corrected chi connectivity index (χ2v) is 4.61. The first-order valence-electron chi connectivity index (χ1n) is 6.23. The summed E-state index contributed by atoms with van der Waals surface area (Å²) in [5.41, 5.74) is 1.74. The molecule has 1 N–H and O–H groups in total. The summed E-state index contributed by atoms with van der Waals surface area (Å²) >= 11 is 0. The number of hydrogen-bond acceptors (Lipinski definition) is 2. The number of aryl methyl sites for hydroxylation is 1. The van der Waals surface area contributed by atoms with Crippen LogP contribution in [-0.4, -0.2) is 34.5 Å². The van der Waals surface area contributed by atoms with E-state index in [1.807, 2.05) is 12.1 Å². The number of carboxylic acid groups (broad SMARTS) is 1. The molecule has 1 saturated carbocycles. The summed E-state index contributed by atoms with van der Waals surface area (Å²) in [6, 6.07) is 7.49. The minimum Gasteiger partial charge on any atom is -0.480 e. The molecule has 1 aliphatic rings. The molecule has 1 aliphatic carbocycles. The van der Waals surface area contributed by atoms with Gasteiger partial charge in [0.15, 0.2) is 0 Å². The van der Waals surface area contributed by atoms with Crippen LogP contribution in [0.25, 0.3) is 0 Å². The van der Waals surface area contributed by atoms with Gasteiger partial charge in [0.05, 0.1) is 0 Å². The summed E-state index contributed by atoms with van der Waals surface area (Å²) in [6.07, 6.45) is 2.74. The van der Waals surface area contributed by atoms with Crippen molar-refractivity contribution in [3.05, 3.63) is 35.4 Å². The predicted octanol–water partition coefficient (Wildman–Crippen LogP) is 1.94. The van der Waals surface area contributed by atoms with Crippen LogP contribution in [0.1, 0.15) is 35.7 Å². The Bertz CT molecular complexity index is 449. The highest BCUT2D eigenvalue weighted by Gasteiger charge is 2.34. The molecule has 0 unspecified atom stereocenters. The van der Waals surface area contributed by atoms with Crippen LogP contribution in [0, 0.1) is 0 Å². The monoisotopic (exact) mass is 247 g/mol. The molecule has 1 aromatic rings. The van der Waals surface area contributed by atoms with Crippen molar-refractivity contribution in [2.24, 2.45) is 0 Å². The number of aliphatic carboxylic acids is 1. The van der Waals surface area contributed by atoms with Crippen molar-refractivity contribution in [1.29, 1.82) is 0 Å². The fourth-order valence-corrected chi connectivity index (χ4v) is 1.95. The number of carbonyl (C=O) groups excluding carboxylic acids is 1. The number of carboxylic acids is 1. The predicted molar refractivity (Wildman–Crippen MR) is 67.5 cm³/mol. The highest BCUT2D eigenvalue weighted by Crippen LogP contribution is 2.28. The third-order valence-corrected chi connectivity index (χ3v) is 3.16. The van der Waals surface area contributed by atoms with E-state index in [9.17, 15) is 9.59 Å². The maximum Gasteiger partial charge on any atom is 0.323 e. The number of amides is 1. The van der Waals surface area contributed by atoms with Crippen molar-refractivity contribution >= 4 is 11.9 Å². The molecule has 2 rings (SSSR count). The molecule has 0 aromatic heterocycles. The van der Waals surface area contributed by atoms with Gasteiger partial charge in [-0.15, -0.1) is 0 Å². The Balaban J connectivity index is 2.13. The largest absolute Gasteiger partial charge is 0.480 e. The summed E-state index contributed by atoms with van der Waals surface area (Å²) in [7, 11) is 0. The van der Waals surface area contributed by atoms with E-state index < -0.39 is 5.97 Å². The standard InChI is InChI=1S/C14H17NO3/c1-2-10-3-5-11(6-4-10)14(18)15(9-13(16)17)12-7-8-12/h3-6,12H,2,7-9H2,1H3,(H,16,17). The van der Waals surface area contributed by atoms with Gasteiger partial charge in [0.1, 0.15) is 6.54 Å². The number of nitrogens with zero attached hydrogens (tertiary/aromatic N) is 1. The molecule has 0 atom stereocenters. The second-order valence-electron chi connectivity index (χ2n) is 4.61. The van der Waals surface area contributed by atoms with Crippen LogP contribution in [0.2, 0.25) is 0 Å². The second kappa shape index (κ2) is 5.21. The van der Waals surface area contributed by atoms with Gasteiger partial charge in [0.2, 0.25) is 0 Å². The van der Waals surface area contributed by atoms with Crippen molar-refractivity contribution < 1.29 is 14.7 Å². The molecule has 4 nitrogen and oxygen atoms in total. The van der Waals surface area contributed by atoms with E-state index in [1.54, 1.807) is 12.1 Å².